The maximum Gasteiger partial charge on any atom is 0.0746 e. The van der Waals surface area contributed by atoms with Gasteiger partial charge in [-0.2, -0.15) is 0 Å². The molecule has 40 heavy (non-hydrogen) atoms. The Balaban J connectivity index is 1.13. The molecule has 5 rings (SSSR count). The molecule has 1 fully saturated rings. The highest BCUT2D eigenvalue weighted by Crippen LogP contribution is 2.19. The van der Waals surface area contributed by atoms with Gasteiger partial charge in [0.2, 0.25) is 0 Å². The van der Waals surface area contributed by atoms with Crippen LogP contribution >= 0.6 is 0 Å². The number of hydrogen-bond donors (Lipinski definition) is 0. The van der Waals surface area contributed by atoms with Gasteiger partial charge in [0.1, 0.15) is 0 Å². The minimum Gasteiger partial charge on any atom is -0.378 e. The van der Waals surface area contributed by atoms with Crippen LogP contribution in [0.2, 0.25) is 0 Å². The maximum atomic E-state index is 5.94. The predicted molar refractivity (Wildman–Crippen MR) is 157 cm³/mol. The summed E-state index contributed by atoms with van der Waals surface area (Å²) >= 11 is 0. The average Bonchev–Trinajstić information content (AvgIpc) is 2.99. The second-order valence-electron chi connectivity index (χ2n) is 9.99. The van der Waals surface area contributed by atoms with Crippen molar-refractivity contribution < 1.29 is 18.9 Å². The van der Waals surface area contributed by atoms with Crippen LogP contribution in [0.25, 0.3) is 21.8 Å². The van der Waals surface area contributed by atoms with Gasteiger partial charge in [-0.05, 0) is 23.3 Å². The number of hydrogen-bond acceptors (Lipinski definition) is 8. The highest BCUT2D eigenvalue weighted by Gasteiger charge is 2.12. The molecule has 0 atom stereocenters. The number of benzene rings is 2. The van der Waals surface area contributed by atoms with Crippen LogP contribution in [-0.2, 0) is 32.0 Å². The third-order valence-electron chi connectivity index (χ3n) is 7.17. The van der Waals surface area contributed by atoms with E-state index in [4.69, 9.17) is 18.9 Å². The molecule has 2 aromatic heterocycles. The Kier molecular flexibility index (Phi) is 11.2. The van der Waals surface area contributed by atoms with Crippen LogP contribution in [0.3, 0.4) is 0 Å². The Morgan fingerprint density at radius 2 is 0.850 bits per heavy atom. The van der Waals surface area contributed by atoms with Crippen molar-refractivity contribution in [3.05, 3.63) is 84.2 Å². The minimum atomic E-state index is 0.580. The molecule has 0 spiro atoms. The van der Waals surface area contributed by atoms with E-state index in [1.807, 2.05) is 24.5 Å². The largest absolute Gasteiger partial charge is 0.378 e. The molecule has 8 heteroatoms. The third kappa shape index (κ3) is 8.51. The lowest BCUT2D eigenvalue weighted by atomic mass is 10.1. The van der Waals surface area contributed by atoms with E-state index in [2.05, 4.69) is 68.3 Å². The van der Waals surface area contributed by atoms with E-state index in [0.29, 0.717) is 52.9 Å². The predicted octanol–water partition coefficient (Wildman–Crippen LogP) is 4.17. The molecule has 2 aromatic carbocycles. The van der Waals surface area contributed by atoms with Gasteiger partial charge in [0.05, 0.1) is 63.9 Å². The van der Waals surface area contributed by atoms with Crippen molar-refractivity contribution in [3.63, 3.8) is 0 Å². The van der Waals surface area contributed by atoms with E-state index in [9.17, 15) is 0 Å². The molecule has 4 aromatic rings. The molecule has 0 amide bonds. The normalized spacial score (nSPS) is 18.4. The summed E-state index contributed by atoms with van der Waals surface area (Å²) in [5, 5.41) is 2.33. The second kappa shape index (κ2) is 15.7. The Hall–Kier alpha value is -2.98. The van der Waals surface area contributed by atoms with Crippen LogP contribution in [0.4, 0.5) is 0 Å². The highest BCUT2D eigenvalue weighted by molar-refractivity contribution is 5.82. The summed E-state index contributed by atoms with van der Waals surface area (Å²) < 4.78 is 23.8. The van der Waals surface area contributed by atoms with Crippen LogP contribution in [0.1, 0.15) is 11.1 Å². The zero-order valence-corrected chi connectivity index (χ0v) is 23.2. The molecule has 1 aliphatic rings. The molecule has 1 saturated heterocycles. The molecule has 0 aliphatic carbocycles. The van der Waals surface area contributed by atoms with Gasteiger partial charge in [-0.15, -0.1) is 0 Å². The molecule has 3 heterocycles. The van der Waals surface area contributed by atoms with Gasteiger partial charge in [0.25, 0.3) is 0 Å². The van der Waals surface area contributed by atoms with Crippen LogP contribution in [0.5, 0.6) is 0 Å². The lowest BCUT2D eigenvalue weighted by Gasteiger charge is -2.24. The fourth-order valence-corrected chi connectivity index (χ4v) is 5.03. The molecular weight excluding hydrogens is 504 g/mol. The summed E-state index contributed by atoms with van der Waals surface area (Å²) in [6, 6.07) is 20.9. The van der Waals surface area contributed by atoms with Gasteiger partial charge >= 0.3 is 0 Å². The van der Waals surface area contributed by atoms with Gasteiger partial charge in [0, 0.05) is 62.4 Å². The minimum absolute atomic E-state index is 0.580. The van der Waals surface area contributed by atoms with Gasteiger partial charge < -0.3 is 18.9 Å². The fourth-order valence-electron chi connectivity index (χ4n) is 5.03. The van der Waals surface area contributed by atoms with Crippen molar-refractivity contribution in [1.82, 2.24) is 19.8 Å². The number of rotatable bonds is 4. The molecule has 0 bridgehead atoms. The molecule has 0 N–H and O–H groups in total. The van der Waals surface area contributed by atoms with Gasteiger partial charge in [-0.3, -0.25) is 19.8 Å². The highest BCUT2D eigenvalue weighted by atomic mass is 16.5. The zero-order chi connectivity index (χ0) is 27.2. The molecular formula is C32H40N4O4. The van der Waals surface area contributed by atoms with Crippen molar-refractivity contribution in [3.8, 4) is 0 Å². The number of aromatic nitrogens is 2. The van der Waals surface area contributed by atoms with Crippen molar-refractivity contribution in [1.29, 1.82) is 0 Å². The van der Waals surface area contributed by atoms with Crippen molar-refractivity contribution in [2.24, 2.45) is 0 Å². The average molecular weight is 545 g/mol. The zero-order valence-electron chi connectivity index (χ0n) is 23.2. The van der Waals surface area contributed by atoms with E-state index >= 15 is 0 Å². The molecule has 0 unspecified atom stereocenters. The Morgan fingerprint density at radius 3 is 1.25 bits per heavy atom. The van der Waals surface area contributed by atoms with E-state index in [1.54, 1.807) is 0 Å². The number of para-hydroxylation sites is 2. The monoisotopic (exact) mass is 544 g/mol. The SMILES string of the molecule is c1cnc2c(CN3CCOCCOCCN(Cc4cccc5cccnc45)CCOCCOCC3)cccc2c1. The first-order chi connectivity index (χ1) is 19.9. The number of fused-ring (bicyclic) bond motifs is 2. The summed E-state index contributed by atoms with van der Waals surface area (Å²) in [6.45, 7) is 9.76. The molecule has 212 valence electrons. The molecule has 0 radical (unpaired) electrons. The van der Waals surface area contributed by atoms with E-state index in [0.717, 1.165) is 61.1 Å². The van der Waals surface area contributed by atoms with Crippen molar-refractivity contribution in [2.75, 3.05) is 79.0 Å². The summed E-state index contributed by atoms with van der Waals surface area (Å²) in [4.78, 5) is 14.0. The maximum absolute atomic E-state index is 5.94. The summed E-state index contributed by atoms with van der Waals surface area (Å²) in [6.07, 6.45) is 3.72. The van der Waals surface area contributed by atoms with E-state index in [-0.39, 0.29) is 0 Å². The van der Waals surface area contributed by atoms with E-state index < -0.39 is 0 Å². The van der Waals surface area contributed by atoms with Gasteiger partial charge in [-0.25, -0.2) is 0 Å². The second-order valence-corrected chi connectivity index (χ2v) is 9.99. The summed E-state index contributed by atoms with van der Waals surface area (Å²) in [5.74, 6) is 0. The van der Waals surface area contributed by atoms with E-state index in [1.165, 1.54) is 11.1 Å². The van der Waals surface area contributed by atoms with Gasteiger partial charge in [-0.1, -0.05) is 48.5 Å². The smallest absolute Gasteiger partial charge is 0.0746 e. The number of ether oxygens (including phenoxy) is 4. The first-order valence-electron chi connectivity index (χ1n) is 14.3. The quantitative estimate of drug-likeness (QED) is 0.379. The Morgan fingerprint density at radius 1 is 0.475 bits per heavy atom. The standard InChI is InChI=1S/C32H40N4O4/c1-5-27-9-3-11-33-31(27)29(7-1)25-35-13-17-37-21-23-39-19-15-36(16-20-40-24-22-38-18-14-35)26-30-8-2-6-28-10-4-12-34-32(28)30/h1-12H,13-26H2. The first kappa shape index (κ1) is 28.5. The fraction of sp³-hybridized carbons (Fsp3) is 0.438. The molecule has 0 saturated carbocycles. The molecule has 1 aliphatic heterocycles. The topological polar surface area (TPSA) is 69.2 Å². The third-order valence-corrected chi connectivity index (χ3v) is 7.17. The van der Waals surface area contributed by atoms with Crippen molar-refractivity contribution >= 4 is 21.8 Å². The lowest BCUT2D eigenvalue weighted by Crippen LogP contribution is -2.33. The Bertz CT molecular complexity index is 1190. The number of pyridine rings is 2. The van der Waals surface area contributed by atoms with Gasteiger partial charge in [0.15, 0.2) is 0 Å². The lowest BCUT2D eigenvalue weighted by molar-refractivity contribution is 0.00631. The van der Waals surface area contributed by atoms with Crippen LogP contribution in [0.15, 0.2) is 73.1 Å². The summed E-state index contributed by atoms with van der Waals surface area (Å²) in [5.41, 5.74) is 4.55. The first-order valence-corrected chi connectivity index (χ1v) is 14.3. The Labute approximate surface area is 236 Å². The number of nitrogens with zero attached hydrogens (tertiary/aromatic N) is 4. The molecule has 8 nitrogen and oxygen atoms in total. The van der Waals surface area contributed by atoms with Crippen molar-refractivity contribution in [2.45, 2.75) is 13.1 Å². The van der Waals surface area contributed by atoms with Crippen LogP contribution < -0.4 is 0 Å². The summed E-state index contributed by atoms with van der Waals surface area (Å²) in [7, 11) is 0. The van der Waals surface area contributed by atoms with Crippen LogP contribution in [0, 0.1) is 0 Å². The van der Waals surface area contributed by atoms with Crippen LogP contribution in [-0.4, -0.2) is 98.8 Å².